The smallest absolute Gasteiger partial charge is 0.201 e. The Bertz CT molecular complexity index is 2740. The number of para-hydroxylation sites is 1. The van der Waals surface area contributed by atoms with Crippen molar-refractivity contribution < 1.29 is 4.42 Å². The Morgan fingerprint density at radius 2 is 1.06 bits per heavy atom. The molecule has 0 unspecified atom stereocenters. The Labute approximate surface area is 290 Å². The molecule has 0 saturated carbocycles. The quantitative estimate of drug-likeness (QED) is 0.190. The molecule has 3 heteroatoms. The maximum Gasteiger partial charge on any atom is 0.201 e. The van der Waals surface area contributed by atoms with Crippen molar-refractivity contribution in [1.29, 1.82) is 0 Å². The van der Waals surface area contributed by atoms with Gasteiger partial charge in [-0.05, 0) is 91.0 Å². The van der Waals surface area contributed by atoms with Crippen molar-refractivity contribution in [2.24, 2.45) is 0 Å². The van der Waals surface area contributed by atoms with E-state index in [2.05, 4.69) is 186 Å². The summed E-state index contributed by atoms with van der Waals surface area (Å²) in [7, 11) is 0. The lowest BCUT2D eigenvalue weighted by molar-refractivity contribution is 0.628. The topological polar surface area (TPSA) is 28.4 Å². The summed E-state index contributed by atoms with van der Waals surface area (Å²) in [5, 5.41) is 12.1. The largest absolute Gasteiger partial charge is 0.438 e. The summed E-state index contributed by atoms with van der Waals surface area (Å²) in [6.07, 6.45) is 4.30. The van der Waals surface area contributed by atoms with Crippen LogP contribution in [0.4, 0.5) is 22.9 Å². The van der Waals surface area contributed by atoms with Crippen LogP contribution in [0, 0.1) is 0 Å². The number of benzene rings is 8. The van der Waals surface area contributed by atoms with Crippen LogP contribution in [-0.2, 0) is 0 Å². The highest BCUT2D eigenvalue weighted by Crippen LogP contribution is 2.44. The Morgan fingerprint density at radius 1 is 0.460 bits per heavy atom. The van der Waals surface area contributed by atoms with Crippen molar-refractivity contribution in [3.63, 3.8) is 0 Å². The molecular weight excluding hydrogens is 609 g/mol. The second-order valence-electron chi connectivity index (χ2n) is 13.0. The Kier molecular flexibility index (Phi) is 6.56. The molecule has 0 aliphatic carbocycles. The first kappa shape index (κ1) is 28.4. The lowest BCUT2D eigenvalue weighted by Gasteiger charge is -2.26. The maximum atomic E-state index is 6.53. The van der Waals surface area contributed by atoms with E-state index in [4.69, 9.17) is 4.42 Å². The van der Waals surface area contributed by atoms with E-state index in [1.54, 1.807) is 0 Å². The number of fused-ring (bicyclic) bond motifs is 8. The molecule has 0 spiro atoms. The molecule has 2 heterocycles. The molecule has 1 aliphatic rings. The minimum atomic E-state index is 0.759. The van der Waals surface area contributed by atoms with Crippen LogP contribution in [0.5, 0.6) is 0 Å². The first-order valence-electron chi connectivity index (χ1n) is 17.1. The van der Waals surface area contributed by atoms with Gasteiger partial charge in [-0.1, -0.05) is 140 Å². The monoisotopic (exact) mass is 640 g/mol. The summed E-state index contributed by atoms with van der Waals surface area (Å²) in [5.74, 6) is 0.821. The molecule has 0 radical (unpaired) electrons. The van der Waals surface area contributed by atoms with Gasteiger partial charge >= 0.3 is 0 Å². The zero-order chi connectivity index (χ0) is 33.0. The van der Waals surface area contributed by atoms with Crippen molar-refractivity contribution >= 4 is 72.3 Å². The molecule has 3 nitrogen and oxygen atoms in total. The first-order chi connectivity index (χ1) is 24.8. The van der Waals surface area contributed by atoms with Gasteiger partial charge in [0.25, 0.3) is 0 Å². The van der Waals surface area contributed by atoms with Crippen LogP contribution in [0.15, 0.2) is 174 Å². The van der Waals surface area contributed by atoms with Crippen LogP contribution < -0.4 is 10.2 Å². The van der Waals surface area contributed by atoms with Crippen molar-refractivity contribution in [3.05, 3.63) is 175 Å². The van der Waals surface area contributed by atoms with Crippen molar-refractivity contribution in [1.82, 2.24) is 0 Å². The van der Waals surface area contributed by atoms with Gasteiger partial charge in [0.1, 0.15) is 0 Å². The Balaban J connectivity index is 1.09. The summed E-state index contributed by atoms with van der Waals surface area (Å²) in [6, 6.07) is 59.1. The van der Waals surface area contributed by atoms with Gasteiger partial charge in [0.05, 0.1) is 5.69 Å². The molecule has 0 amide bonds. The van der Waals surface area contributed by atoms with Gasteiger partial charge in [0.2, 0.25) is 5.88 Å². The van der Waals surface area contributed by atoms with Gasteiger partial charge in [-0.25, -0.2) is 0 Å². The number of hydrogen-bond acceptors (Lipinski definition) is 3. The van der Waals surface area contributed by atoms with Crippen molar-refractivity contribution in [3.8, 4) is 22.3 Å². The van der Waals surface area contributed by atoms with E-state index in [9.17, 15) is 0 Å². The highest BCUT2D eigenvalue weighted by Gasteiger charge is 2.22. The number of anilines is 4. The number of furan rings is 1. The van der Waals surface area contributed by atoms with Crippen LogP contribution in [-0.4, -0.2) is 6.54 Å². The summed E-state index contributed by atoms with van der Waals surface area (Å²) < 4.78 is 6.53. The van der Waals surface area contributed by atoms with Crippen LogP contribution in [0.3, 0.4) is 0 Å². The Hall–Kier alpha value is -6.58. The minimum absolute atomic E-state index is 0.759. The van der Waals surface area contributed by atoms with Crippen LogP contribution in [0.2, 0.25) is 0 Å². The zero-order valence-corrected chi connectivity index (χ0v) is 27.3. The SMILES string of the molecule is C1=Cc2c(oc3c(N(c4ccc(-c5ccccc5)cc4)c4ccc(-c5ccc6ccc7c8ccccc8ccc7c6c5)cc4)cccc23)NC1. The van der Waals surface area contributed by atoms with E-state index < -0.39 is 0 Å². The molecule has 1 aromatic heterocycles. The molecule has 0 fully saturated rings. The van der Waals surface area contributed by atoms with Crippen LogP contribution >= 0.6 is 0 Å². The average molecular weight is 641 g/mol. The highest BCUT2D eigenvalue weighted by molar-refractivity contribution is 6.17. The molecule has 9 aromatic rings. The third-order valence-corrected chi connectivity index (χ3v) is 10.1. The number of rotatable bonds is 5. The number of hydrogen-bond donors (Lipinski definition) is 1. The molecule has 0 bridgehead atoms. The second kappa shape index (κ2) is 11.5. The lowest BCUT2D eigenvalue weighted by Crippen LogP contribution is -2.10. The predicted octanol–water partition coefficient (Wildman–Crippen LogP) is 13.1. The third-order valence-electron chi connectivity index (χ3n) is 10.1. The van der Waals surface area contributed by atoms with Gasteiger partial charge in [0.15, 0.2) is 5.58 Å². The molecule has 0 atom stereocenters. The fourth-order valence-corrected chi connectivity index (χ4v) is 7.59. The molecular formula is C47H32N2O. The van der Waals surface area contributed by atoms with Crippen LogP contribution in [0.1, 0.15) is 5.56 Å². The normalized spacial score (nSPS) is 12.4. The van der Waals surface area contributed by atoms with E-state index >= 15 is 0 Å². The molecule has 1 N–H and O–H groups in total. The molecule has 1 aliphatic heterocycles. The second-order valence-corrected chi connectivity index (χ2v) is 13.0. The maximum absolute atomic E-state index is 6.53. The van der Waals surface area contributed by atoms with E-state index in [1.165, 1.54) is 54.6 Å². The zero-order valence-electron chi connectivity index (χ0n) is 27.3. The first-order valence-corrected chi connectivity index (χ1v) is 17.1. The average Bonchev–Trinajstić information content (AvgIpc) is 3.58. The molecule has 236 valence electrons. The van der Waals surface area contributed by atoms with E-state index in [-0.39, 0.29) is 0 Å². The summed E-state index contributed by atoms with van der Waals surface area (Å²) in [4.78, 5) is 2.30. The van der Waals surface area contributed by atoms with E-state index in [0.717, 1.165) is 46.0 Å². The summed E-state index contributed by atoms with van der Waals surface area (Å²) in [6.45, 7) is 0.759. The lowest BCUT2D eigenvalue weighted by atomic mass is 9.94. The summed E-state index contributed by atoms with van der Waals surface area (Å²) in [5.41, 5.74) is 9.83. The molecule has 8 aromatic carbocycles. The minimum Gasteiger partial charge on any atom is -0.438 e. The van der Waals surface area contributed by atoms with Crippen LogP contribution in [0.25, 0.3) is 71.6 Å². The van der Waals surface area contributed by atoms with Gasteiger partial charge < -0.3 is 14.6 Å². The number of nitrogens with zero attached hydrogens (tertiary/aromatic N) is 1. The fraction of sp³-hybridized carbons (Fsp3) is 0.0213. The van der Waals surface area contributed by atoms with E-state index in [1.807, 2.05) is 0 Å². The van der Waals surface area contributed by atoms with Crippen molar-refractivity contribution in [2.75, 3.05) is 16.8 Å². The highest BCUT2D eigenvalue weighted by atomic mass is 16.4. The summed E-state index contributed by atoms with van der Waals surface area (Å²) >= 11 is 0. The molecule has 0 saturated heterocycles. The Morgan fingerprint density at radius 3 is 1.84 bits per heavy atom. The van der Waals surface area contributed by atoms with Gasteiger partial charge in [-0.2, -0.15) is 0 Å². The van der Waals surface area contributed by atoms with E-state index in [0.29, 0.717) is 0 Å². The van der Waals surface area contributed by atoms with Crippen molar-refractivity contribution in [2.45, 2.75) is 0 Å². The number of nitrogens with one attached hydrogen (secondary N) is 1. The molecule has 50 heavy (non-hydrogen) atoms. The molecule has 10 rings (SSSR count). The standard InChI is InChI=1S/C47H32N2O/c1-2-8-31(9-3-1)32-17-23-37(24-18-32)49(45-14-6-12-42-43-13-7-29-48-47(43)50-46(42)45)38-25-19-33(20-26-38)36-16-15-35-22-27-40-39-11-5-4-10-34(39)21-28-41(40)44(35)30-36/h1-28,30,48H,29H2. The van der Waals surface area contributed by atoms with Gasteiger partial charge in [-0.15, -0.1) is 0 Å². The fourth-order valence-electron chi connectivity index (χ4n) is 7.59. The van der Waals surface area contributed by atoms with Gasteiger partial charge in [0, 0.05) is 28.9 Å². The third kappa shape index (κ3) is 4.67. The predicted molar refractivity (Wildman–Crippen MR) is 212 cm³/mol. The van der Waals surface area contributed by atoms with Gasteiger partial charge in [-0.3, -0.25) is 0 Å².